The van der Waals surface area contributed by atoms with Crippen molar-refractivity contribution in [1.82, 2.24) is 9.99 Å². The highest BCUT2D eigenvalue weighted by atomic mass is 31.2. The van der Waals surface area contributed by atoms with Gasteiger partial charge in [0, 0.05) is 18.3 Å². The Bertz CT molecular complexity index is 1230. The molecule has 17 heteroatoms. The van der Waals surface area contributed by atoms with Crippen LogP contribution < -0.4 is 10.8 Å². The number of rotatable bonds is 12. The minimum absolute atomic E-state index is 0.0284. The van der Waals surface area contributed by atoms with E-state index in [1.165, 1.54) is 50.4 Å². The van der Waals surface area contributed by atoms with E-state index >= 15 is 0 Å². The van der Waals surface area contributed by atoms with Crippen LogP contribution in [-0.2, 0) is 27.9 Å². The quantitative estimate of drug-likeness (QED) is 0.140. The SMILES string of the molecule is C=C1N=C(N)C=CN1[C@@H]1O[C@H](COP(=O)(N[C@@H](C)C(=O)OCC)OC(C)c2ccc([N+](=O)[O-])cc2)C(O)C1(F)F. The largest absolute Gasteiger partial charge is 0.465 e. The molecule has 0 aromatic heterocycles. The zero-order valence-corrected chi connectivity index (χ0v) is 22.7. The van der Waals surface area contributed by atoms with E-state index in [9.17, 15) is 33.4 Å². The van der Waals surface area contributed by atoms with E-state index in [4.69, 9.17) is 24.3 Å². The lowest BCUT2D eigenvalue weighted by Crippen LogP contribution is -2.47. The predicted molar refractivity (Wildman–Crippen MR) is 137 cm³/mol. The molecule has 0 aliphatic carbocycles. The fourth-order valence-corrected chi connectivity index (χ4v) is 5.43. The third-order valence-corrected chi connectivity index (χ3v) is 7.65. The Kier molecular flexibility index (Phi) is 9.76. The molecule has 1 fully saturated rings. The molecule has 14 nitrogen and oxygen atoms in total. The van der Waals surface area contributed by atoms with Gasteiger partial charge in [-0.25, -0.2) is 14.6 Å². The van der Waals surface area contributed by atoms with Crippen LogP contribution in [0.4, 0.5) is 14.5 Å². The molecule has 220 valence electrons. The van der Waals surface area contributed by atoms with Crippen LogP contribution >= 0.6 is 7.75 Å². The standard InChI is InChI=1S/C23H30F2N5O9P/c1-5-36-21(32)13(2)28-40(35,39-14(3)16-6-8-17(9-7-16)30(33)34)37-12-18-20(31)23(24,25)22(38-18)29-11-10-19(26)27-15(29)4/h6-11,13-14,18,20,22,31H,4-5,12H2,1-3H3,(H2,26,27)(H,28,35)/t13-,14?,18+,20?,22+,40?/m0/s1. The Labute approximate surface area is 228 Å². The molecule has 40 heavy (non-hydrogen) atoms. The number of carbonyl (C=O) groups excluding carboxylic acids is 1. The third kappa shape index (κ3) is 7.08. The highest BCUT2D eigenvalue weighted by molar-refractivity contribution is 7.51. The number of carbonyl (C=O) groups is 1. The van der Waals surface area contributed by atoms with Gasteiger partial charge in [0.05, 0.1) is 24.2 Å². The molecule has 1 saturated heterocycles. The van der Waals surface area contributed by atoms with Gasteiger partial charge in [-0.05, 0) is 44.5 Å². The van der Waals surface area contributed by atoms with Crippen LogP contribution in [-0.4, -0.2) is 70.3 Å². The fourth-order valence-electron chi connectivity index (χ4n) is 3.77. The molecule has 2 aliphatic rings. The summed E-state index contributed by atoms with van der Waals surface area (Å²) in [5, 5.41) is 23.7. The van der Waals surface area contributed by atoms with Gasteiger partial charge >= 0.3 is 19.6 Å². The van der Waals surface area contributed by atoms with Gasteiger partial charge in [0.2, 0.25) is 6.23 Å². The van der Waals surface area contributed by atoms with Crippen LogP contribution in [0.5, 0.6) is 0 Å². The highest BCUT2D eigenvalue weighted by Gasteiger charge is 2.61. The molecule has 2 heterocycles. The Hall–Kier alpha value is -3.27. The molecule has 4 N–H and O–H groups in total. The second-order valence-corrected chi connectivity index (χ2v) is 10.5. The van der Waals surface area contributed by atoms with Crippen LogP contribution in [0.25, 0.3) is 0 Å². The van der Waals surface area contributed by atoms with Crippen molar-refractivity contribution in [3.8, 4) is 0 Å². The smallest absolute Gasteiger partial charge is 0.406 e. The lowest BCUT2D eigenvalue weighted by molar-refractivity contribution is -0.384. The molecule has 0 spiro atoms. The monoisotopic (exact) mass is 589 g/mol. The number of benzene rings is 1. The van der Waals surface area contributed by atoms with Gasteiger partial charge in [-0.1, -0.05) is 6.58 Å². The first kappa shape index (κ1) is 31.3. The van der Waals surface area contributed by atoms with Gasteiger partial charge in [0.25, 0.3) is 5.69 Å². The molecule has 3 unspecified atom stereocenters. The van der Waals surface area contributed by atoms with Gasteiger partial charge < -0.3 is 25.2 Å². The molecular formula is C23H30F2N5O9P. The molecule has 0 radical (unpaired) electrons. The van der Waals surface area contributed by atoms with Crippen molar-refractivity contribution in [2.75, 3.05) is 13.2 Å². The summed E-state index contributed by atoms with van der Waals surface area (Å²) in [7, 11) is -4.50. The average Bonchev–Trinajstić information content (AvgIpc) is 3.11. The molecular weight excluding hydrogens is 559 g/mol. The Morgan fingerprint density at radius 1 is 1.40 bits per heavy atom. The number of hydrogen-bond acceptors (Lipinski definition) is 12. The number of nitrogens with zero attached hydrogens (tertiary/aromatic N) is 3. The Balaban J connectivity index is 1.78. The van der Waals surface area contributed by atoms with Crippen LogP contribution in [0.2, 0.25) is 0 Å². The number of alkyl halides is 2. The van der Waals surface area contributed by atoms with Crippen molar-refractivity contribution in [3.05, 3.63) is 64.6 Å². The van der Waals surface area contributed by atoms with Gasteiger partial charge in [0.1, 0.15) is 23.8 Å². The molecule has 0 amide bonds. The number of aliphatic imine (C=N–C) groups is 1. The number of hydrogen-bond donors (Lipinski definition) is 3. The zero-order chi connectivity index (χ0) is 29.8. The topological polar surface area (TPSA) is 188 Å². The van der Waals surface area contributed by atoms with Gasteiger partial charge in [-0.15, -0.1) is 0 Å². The number of non-ortho nitro benzene ring substituents is 1. The van der Waals surface area contributed by atoms with E-state index < -0.39 is 61.8 Å². The van der Waals surface area contributed by atoms with Crippen molar-refractivity contribution < 1.29 is 46.7 Å². The first-order chi connectivity index (χ1) is 18.7. The maximum Gasteiger partial charge on any atom is 0.406 e. The number of aliphatic hydroxyl groups is 1. The number of aliphatic hydroxyl groups excluding tert-OH is 1. The van der Waals surface area contributed by atoms with Crippen molar-refractivity contribution in [1.29, 1.82) is 0 Å². The van der Waals surface area contributed by atoms with Gasteiger partial charge in [-0.2, -0.15) is 8.78 Å². The summed E-state index contributed by atoms with van der Waals surface area (Å²) >= 11 is 0. The van der Waals surface area contributed by atoms with E-state index in [1.807, 2.05) is 0 Å². The van der Waals surface area contributed by atoms with Crippen LogP contribution in [0.1, 0.15) is 32.4 Å². The van der Waals surface area contributed by atoms with Crippen LogP contribution in [0.15, 0.2) is 53.9 Å². The third-order valence-electron chi connectivity index (χ3n) is 5.87. The molecule has 0 saturated carbocycles. The number of nitrogens with two attached hydrogens (primary N) is 1. The second-order valence-electron chi connectivity index (χ2n) is 8.81. The van der Waals surface area contributed by atoms with Crippen molar-refractivity contribution in [3.63, 3.8) is 0 Å². The number of amidine groups is 1. The minimum Gasteiger partial charge on any atom is -0.465 e. The first-order valence-corrected chi connectivity index (χ1v) is 13.6. The van der Waals surface area contributed by atoms with E-state index in [1.54, 1.807) is 6.92 Å². The van der Waals surface area contributed by atoms with E-state index in [2.05, 4.69) is 16.7 Å². The lowest BCUT2D eigenvalue weighted by Gasteiger charge is -2.31. The zero-order valence-electron chi connectivity index (χ0n) is 21.8. The summed E-state index contributed by atoms with van der Waals surface area (Å²) < 4.78 is 65.0. The number of ether oxygens (including phenoxy) is 2. The normalized spacial score (nSPS) is 25.1. The van der Waals surface area contributed by atoms with E-state index in [-0.39, 0.29) is 24.0 Å². The summed E-state index contributed by atoms with van der Waals surface area (Å²) in [4.78, 5) is 27.2. The number of nitrogens with one attached hydrogen (secondary N) is 1. The Morgan fingerprint density at radius 3 is 2.62 bits per heavy atom. The number of halogens is 2. The molecule has 6 atom stereocenters. The van der Waals surface area contributed by atoms with Crippen LogP contribution in [0.3, 0.4) is 0 Å². The molecule has 2 aliphatic heterocycles. The van der Waals surface area contributed by atoms with Crippen molar-refractivity contribution in [2.24, 2.45) is 10.7 Å². The number of nitro groups is 1. The summed E-state index contributed by atoms with van der Waals surface area (Å²) in [6.45, 7) is 7.08. The van der Waals surface area contributed by atoms with Crippen molar-refractivity contribution in [2.45, 2.75) is 57.3 Å². The number of nitro benzene ring substituents is 1. The maximum atomic E-state index is 15.0. The molecule has 1 aromatic carbocycles. The minimum atomic E-state index is -4.50. The van der Waals surface area contributed by atoms with Crippen molar-refractivity contribution >= 4 is 25.2 Å². The van der Waals surface area contributed by atoms with E-state index in [0.717, 1.165) is 4.90 Å². The molecule has 3 rings (SSSR count). The molecule has 0 bridgehead atoms. The summed E-state index contributed by atoms with van der Waals surface area (Å²) in [6.07, 6.45) is -4.74. The number of esters is 1. The second kappa shape index (κ2) is 12.5. The van der Waals surface area contributed by atoms with E-state index in [0.29, 0.717) is 5.56 Å². The van der Waals surface area contributed by atoms with Gasteiger partial charge in [-0.3, -0.25) is 24.0 Å². The summed E-state index contributed by atoms with van der Waals surface area (Å²) in [5.41, 5.74) is 5.72. The summed E-state index contributed by atoms with van der Waals surface area (Å²) in [6, 6.07) is 3.93. The average molecular weight is 589 g/mol. The fraction of sp³-hybridized carbons (Fsp3) is 0.478. The van der Waals surface area contributed by atoms with Gasteiger partial charge in [0.15, 0.2) is 6.10 Å². The van der Waals surface area contributed by atoms with Crippen LogP contribution in [0, 0.1) is 10.1 Å². The molecule has 1 aromatic rings. The first-order valence-electron chi connectivity index (χ1n) is 12.0. The summed E-state index contributed by atoms with van der Waals surface area (Å²) in [5.74, 6) is -4.76. The predicted octanol–water partition coefficient (Wildman–Crippen LogP) is 2.72. The lowest BCUT2D eigenvalue weighted by atomic mass is 10.1. The maximum absolute atomic E-state index is 15.0. The Morgan fingerprint density at radius 2 is 2.05 bits per heavy atom. The highest BCUT2D eigenvalue weighted by Crippen LogP contribution is 2.50.